The van der Waals surface area contributed by atoms with Gasteiger partial charge in [0.05, 0.1) is 11.0 Å². The van der Waals surface area contributed by atoms with E-state index in [2.05, 4.69) is 29.0 Å². The number of para-hydroxylation sites is 2. The van der Waals surface area contributed by atoms with Gasteiger partial charge in [-0.15, -0.1) is 0 Å². The van der Waals surface area contributed by atoms with Crippen molar-refractivity contribution < 1.29 is 4.79 Å². The molecule has 1 aliphatic heterocycles. The summed E-state index contributed by atoms with van der Waals surface area (Å²) in [7, 11) is 0. The third-order valence-corrected chi connectivity index (χ3v) is 4.58. The van der Waals surface area contributed by atoms with Gasteiger partial charge in [-0.25, -0.2) is 4.98 Å². The molecule has 1 amide bonds. The molecule has 116 valence electrons. The number of hydrogen-bond donors (Lipinski definition) is 1. The van der Waals surface area contributed by atoms with Crippen LogP contribution in [0.25, 0.3) is 11.0 Å². The summed E-state index contributed by atoms with van der Waals surface area (Å²) in [5.74, 6) is 1.20. The number of carbonyl (C=O) groups excluding carboxylic acids is 1. The van der Waals surface area contributed by atoms with Gasteiger partial charge < -0.3 is 9.88 Å². The lowest BCUT2D eigenvalue weighted by Crippen LogP contribution is -2.24. The first-order valence-electron chi connectivity index (χ1n) is 8.08. The van der Waals surface area contributed by atoms with Crippen LogP contribution in [0, 0.1) is 0 Å². The molecule has 0 aliphatic carbocycles. The third kappa shape index (κ3) is 2.50. The van der Waals surface area contributed by atoms with Gasteiger partial charge in [-0.3, -0.25) is 4.79 Å². The van der Waals surface area contributed by atoms with Gasteiger partial charge in [0, 0.05) is 24.6 Å². The van der Waals surface area contributed by atoms with E-state index in [0.717, 1.165) is 29.0 Å². The highest BCUT2D eigenvalue weighted by Crippen LogP contribution is 2.31. The predicted molar refractivity (Wildman–Crippen MR) is 91.6 cm³/mol. The first-order chi connectivity index (χ1) is 11.2. The van der Waals surface area contributed by atoms with E-state index in [0.29, 0.717) is 13.0 Å². The number of amides is 1. The van der Waals surface area contributed by atoms with Gasteiger partial charge in [0.2, 0.25) is 5.91 Å². The summed E-state index contributed by atoms with van der Waals surface area (Å²) in [5, 5.41) is 0. The zero-order valence-corrected chi connectivity index (χ0v) is 13.1. The Morgan fingerprint density at radius 2 is 1.96 bits per heavy atom. The summed E-state index contributed by atoms with van der Waals surface area (Å²) in [6.07, 6.45) is 1.52. The molecular weight excluding hydrogens is 286 g/mol. The Balaban J connectivity index is 1.59. The molecule has 1 fully saturated rings. The molecule has 0 unspecified atom stereocenters. The molecule has 4 rings (SSSR count). The number of rotatable bonds is 3. The Bertz CT molecular complexity index is 817. The SMILES string of the molecule is CCc1ccc(N2C[C@@H](c3nc4ccccc4[nH]3)CC2=O)cc1. The fourth-order valence-electron chi connectivity index (χ4n) is 3.22. The van der Waals surface area contributed by atoms with Crippen LogP contribution >= 0.6 is 0 Å². The number of carbonyl (C=O) groups is 1. The van der Waals surface area contributed by atoms with Gasteiger partial charge in [0.25, 0.3) is 0 Å². The van der Waals surface area contributed by atoms with Crippen molar-refractivity contribution in [2.24, 2.45) is 0 Å². The molecule has 4 nitrogen and oxygen atoms in total. The number of H-pyrrole nitrogens is 1. The quantitative estimate of drug-likeness (QED) is 0.803. The van der Waals surface area contributed by atoms with Gasteiger partial charge in [0.15, 0.2) is 0 Å². The molecule has 1 saturated heterocycles. The van der Waals surface area contributed by atoms with Crippen molar-refractivity contribution in [3.63, 3.8) is 0 Å². The number of anilines is 1. The maximum Gasteiger partial charge on any atom is 0.227 e. The molecule has 0 spiro atoms. The highest BCUT2D eigenvalue weighted by molar-refractivity contribution is 5.96. The Morgan fingerprint density at radius 1 is 1.17 bits per heavy atom. The Labute approximate surface area is 135 Å². The number of nitrogens with zero attached hydrogens (tertiary/aromatic N) is 2. The summed E-state index contributed by atoms with van der Waals surface area (Å²) in [5.41, 5.74) is 4.25. The number of nitrogens with one attached hydrogen (secondary N) is 1. The van der Waals surface area contributed by atoms with Crippen molar-refractivity contribution in [1.82, 2.24) is 9.97 Å². The predicted octanol–water partition coefficient (Wildman–Crippen LogP) is 3.65. The molecule has 2 aromatic carbocycles. The normalized spacial score (nSPS) is 18.0. The Kier molecular flexibility index (Phi) is 3.37. The number of benzene rings is 2. The Morgan fingerprint density at radius 3 is 2.70 bits per heavy atom. The topological polar surface area (TPSA) is 49.0 Å². The zero-order chi connectivity index (χ0) is 15.8. The van der Waals surface area contributed by atoms with Crippen molar-refractivity contribution in [1.29, 1.82) is 0 Å². The van der Waals surface area contributed by atoms with Crippen LogP contribution < -0.4 is 4.90 Å². The van der Waals surface area contributed by atoms with Crippen LogP contribution in [-0.2, 0) is 11.2 Å². The third-order valence-electron chi connectivity index (χ3n) is 4.58. The molecule has 1 N–H and O–H groups in total. The van der Waals surface area contributed by atoms with E-state index in [9.17, 15) is 4.79 Å². The summed E-state index contributed by atoms with van der Waals surface area (Å²) in [6, 6.07) is 16.3. The van der Waals surface area contributed by atoms with Crippen LogP contribution in [0.4, 0.5) is 5.69 Å². The van der Waals surface area contributed by atoms with Crippen LogP contribution in [0.1, 0.15) is 30.7 Å². The zero-order valence-electron chi connectivity index (χ0n) is 13.1. The Hall–Kier alpha value is -2.62. The van der Waals surface area contributed by atoms with Crippen LogP contribution in [0.3, 0.4) is 0 Å². The molecule has 0 radical (unpaired) electrons. The summed E-state index contributed by atoms with van der Waals surface area (Å²) < 4.78 is 0. The first-order valence-corrected chi connectivity index (χ1v) is 8.08. The smallest absolute Gasteiger partial charge is 0.227 e. The fourth-order valence-corrected chi connectivity index (χ4v) is 3.22. The van der Waals surface area contributed by atoms with Gasteiger partial charge in [-0.2, -0.15) is 0 Å². The van der Waals surface area contributed by atoms with Crippen molar-refractivity contribution in [3.8, 4) is 0 Å². The maximum absolute atomic E-state index is 12.4. The van der Waals surface area contributed by atoms with E-state index in [1.54, 1.807) is 0 Å². The monoisotopic (exact) mass is 305 g/mol. The van der Waals surface area contributed by atoms with E-state index in [1.165, 1.54) is 5.56 Å². The minimum atomic E-state index is 0.126. The van der Waals surface area contributed by atoms with Gasteiger partial charge >= 0.3 is 0 Å². The molecule has 1 aliphatic rings. The largest absolute Gasteiger partial charge is 0.342 e. The number of fused-ring (bicyclic) bond motifs is 1. The molecular formula is C19H19N3O. The number of imidazole rings is 1. The van der Waals surface area contributed by atoms with Crippen LogP contribution in [0.5, 0.6) is 0 Å². The first kappa shape index (κ1) is 14.0. The van der Waals surface area contributed by atoms with E-state index in [4.69, 9.17) is 0 Å². The lowest BCUT2D eigenvalue weighted by atomic mass is 10.1. The maximum atomic E-state index is 12.4. The fraction of sp³-hybridized carbons (Fsp3) is 0.263. The van der Waals surface area contributed by atoms with Crippen LogP contribution in [-0.4, -0.2) is 22.4 Å². The van der Waals surface area contributed by atoms with E-state index in [-0.39, 0.29) is 11.8 Å². The summed E-state index contributed by atoms with van der Waals surface area (Å²) >= 11 is 0. The molecule has 0 bridgehead atoms. The molecule has 2 heterocycles. The molecule has 23 heavy (non-hydrogen) atoms. The van der Waals surface area contributed by atoms with Crippen molar-refractivity contribution in [3.05, 3.63) is 59.9 Å². The lowest BCUT2D eigenvalue weighted by Gasteiger charge is -2.16. The van der Waals surface area contributed by atoms with Crippen LogP contribution in [0.2, 0.25) is 0 Å². The number of aryl methyl sites for hydroxylation is 1. The van der Waals surface area contributed by atoms with E-state index >= 15 is 0 Å². The van der Waals surface area contributed by atoms with Crippen molar-refractivity contribution >= 4 is 22.6 Å². The van der Waals surface area contributed by atoms with E-state index in [1.807, 2.05) is 41.3 Å². The second-order valence-electron chi connectivity index (χ2n) is 6.06. The van der Waals surface area contributed by atoms with Crippen LogP contribution in [0.15, 0.2) is 48.5 Å². The standard InChI is InChI=1S/C19H19N3O/c1-2-13-7-9-15(10-8-13)22-12-14(11-18(22)23)19-20-16-5-3-4-6-17(16)21-19/h3-10,14H,2,11-12H2,1H3,(H,20,21)/t14-/m0/s1. The van der Waals surface area contributed by atoms with E-state index < -0.39 is 0 Å². The molecule has 3 aromatic rings. The molecule has 4 heteroatoms. The minimum absolute atomic E-state index is 0.126. The second-order valence-corrected chi connectivity index (χ2v) is 6.06. The average molecular weight is 305 g/mol. The van der Waals surface area contributed by atoms with Gasteiger partial charge in [-0.1, -0.05) is 31.2 Å². The number of aromatic amines is 1. The number of hydrogen-bond acceptors (Lipinski definition) is 2. The molecule has 1 atom stereocenters. The molecule has 1 aromatic heterocycles. The highest BCUT2D eigenvalue weighted by Gasteiger charge is 2.33. The van der Waals surface area contributed by atoms with Crippen molar-refractivity contribution in [2.75, 3.05) is 11.4 Å². The van der Waals surface area contributed by atoms with Gasteiger partial charge in [0.1, 0.15) is 5.82 Å². The average Bonchev–Trinajstić information content (AvgIpc) is 3.18. The second kappa shape index (κ2) is 5.54. The van der Waals surface area contributed by atoms with Gasteiger partial charge in [-0.05, 0) is 36.2 Å². The molecule has 0 saturated carbocycles. The van der Waals surface area contributed by atoms with Crippen molar-refractivity contribution in [2.45, 2.75) is 25.7 Å². The summed E-state index contributed by atoms with van der Waals surface area (Å²) in [6.45, 7) is 2.82. The number of aromatic nitrogens is 2. The minimum Gasteiger partial charge on any atom is -0.342 e. The summed E-state index contributed by atoms with van der Waals surface area (Å²) in [4.78, 5) is 22.3. The lowest BCUT2D eigenvalue weighted by molar-refractivity contribution is -0.117. The highest BCUT2D eigenvalue weighted by atomic mass is 16.2.